The summed E-state index contributed by atoms with van der Waals surface area (Å²) in [5.41, 5.74) is -0.838. The molecule has 5 rings (SSSR count). The van der Waals surface area contributed by atoms with Gasteiger partial charge in [0, 0.05) is 19.1 Å². The summed E-state index contributed by atoms with van der Waals surface area (Å²) in [6.07, 6.45) is -1.97. The number of phosphoric ester groups is 1. The van der Waals surface area contributed by atoms with Crippen molar-refractivity contribution in [2.75, 3.05) is 19.6 Å². The molecular weight excluding hydrogens is 540 g/mol. The summed E-state index contributed by atoms with van der Waals surface area (Å²) in [7, 11) is -4.59. The zero-order valence-corrected chi connectivity index (χ0v) is 21.2. The van der Waals surface area contributed by atoms with E-state index in [1.165, 1.54) is 11.0 Å². The molecule has 0 atom stereocenters. The fraction of sp³-hybridized carbons (Fsp3) is 0.591. The second kappa shape index (κ2) is 9.53. The van der Waals surface area contributed by atoms with E-state index in [-0.39, 0.29) is 53.7 Å². The van der Waals surface area contributed by atoms with E-state index in [4.69, 9.17) is 25.9 Å². The number of amides is 2. The fourth-order valence-electron chi connectivity index (χ4n) is 5.18. The van der Waals surface area contributed by atoms with Crippen LogP contribution < -0.4 is 0 Å². The van der Waals surface area contributed by atoms with E-state index in [2.05, 4.69) is 5.10 Å². The monoisotopic (exact) mass is 564 g/mol. The quantitative estimate of drug-likeness (QED) is 0.532. The Balaban J connectivity index is 1.30. The molecule has 37 heavy (non-hydrogen) atoms. The summed E-state index contributed by atoms with van der Waals surface area (Å²) < 4.78 is 57.7. The normalized spacial score (nSPS) is 23.7. The Bertz CT molecular complexity index is 1290. The van der Waals surface area contributed by atoms with Crippen LogP contribution in [-0.4, -0.2) is 72.8 Å². The summed E-state index contributed by atoms with van der Waals surface area (Å²) >= 11 is 6.38. The standard InChI is InChI=1S/C22H25ClF3N4O6P/c23-19-16-9-13(12-1-2-12)10-17(22(24,25)26)30(16)27-20(19)21(32)28-7-8-29(18(31)11-28)14-3-5-15(6-4-14)36-37(33,34)35/h9-10,12,14-15H,1-8,11H2,(H2,33,34,35). The van der Waals surface area contributed by atoms with Crippen molar-refractivity contribution >= 4 is 36.8 Å². The molecule has 3 fully saturated rings. The minimum absolute atomic E-state index is 0.000915. The number of fused-ring (bicyclic) bond motifs is 1. The lowest BCUT2D eigenvalue weighted by atomic mass is 9.91. The average molecular weight is 565 g/mol. The number of carbonyl (C=O) groups excluding carboxylic acids is 2. The molecule has 0 aromatic carbocycles. The van der Waals surface area contributed by atoms with Crippen LogP contribution in [0.5, 0.6) is 0 Å². The van der Waals surface area contributed by atoms with Gasteiger partial charge < -0.3 is 19.6 Å². The predicted octanol–water partition coefficient (Wildman–Crippen LogP) is 3.59. The van der Waals surface area contributed by atoms with E-state index in [0.29, 0.717) is 35.8 Å². The van der Waals surface area contributed by atoms with Crippen molar-refractivity contribution in [3.63, 3.8) is 0 Å². The second-order valence-corrected chi connectivity index (χ2v) is 11.3. The van der Waals surface area contributed by atoms with Gasteiger partial charge in [0.25, 0.3) is 5.91 Å². The van der Waals surface area contributed by atoms with Gasteiger partial charge >= 0.3 is 14.0 Å². The lowest BCUT2D eigenvalue weighted by molar-refractivity contribution is -0.142. The molecule has 0 radical (unpaired) electrons. The number of alkyl halides is 3. The molecule has 2 aliphatic carbocycles. The van der Waals surface area contributed by atoms with Gasteiger partial charge in [-0.3, -0.25) is 14.1 Å². The molecule has 1 aliphatic heterocycles. The Morgan fingerprint density at radius 1 is 1.11 bits per heavy atom. The van der Waals surface area contributed by atoms with Gasteiger partial charge in [-0.05, 0) is 62.1 Å². The number of halogens is 4. The number of hydrogen-bond donors (Lipinski definition) is 2. The van der Waals surface area contributed by atoms with Crippen molar-refractivity contribution in [2.45, 2.75) is 62.8 Å². The maximum Gasteiger partial charge on any atom is 0.469 e. The maximum atomic E-state index is 13.8. The third-order valence-corrected chi connectivity index (χ3v) is 8.10. The van der Waals surface area contributed by atoms with Gasteiger partial charge in [0.2, 0.25) is 5.91 Å². The zero-order valence-electron chi connectivity index (χ0n) is 19.5. The van der Waals surface area contributed by atoms with Crippen molar-refractivity contribution < 1.29 is 41.6 Å². The van der Waals surface area contributed by atoms with Crippen molar-refractivity contribution in [1.82, 2.24) is 19.4 Å². The van der Waals surface area contributed by atoms with Crippen molar-refractivity contribution in [1.29, 1.82) is 0 Å². The third kappa shape index (κ3) is 5.51. The highest BCUT2D eigenvalue weighted by atomic mass is 35.5. The summed E-state index contributed by atoms with van der Waals surface area (Å²) in [4.78, 5) is 46.9. The number of phosphoric acid groups is 1. The van der Waals surface area contributed by atoms with Gasteiger partial charge in [-0.25, -0.2) is 9.08 Å². The number of aromatic nitrogens is 2. The summed E-state index contributed by atoms with van der Waals surface area (Å²) in [5.74, 6) is -1.02. The third-order valence-electron chi connectivity index (χ3n) is 7.15. The van der Waals surface area contributed by atoms with Gasteiger partial charge in [-0.15, -0.1) is 0 Å². The fourth-order valence-corrected chi connectivity index (χ4v) is 6.03. The van der Waals surface area contributed by atoms with E-state index in [1.54, 1.807) is 4.90 Å². The van der Waals surface area contributed by atoms with E-state index in [1.807, 2.05) is 0 Å². The van der Waals surface area contributed by atoms with Crippen LogP contribution in [0.3, 0.4) is 0 Å². The van der Waals surface area contributed by atoms with Gasteiger partial charge in [0.05, 0.1) is 16.6 Å². The number of carbonyl (C=O) groups is 2. The maximum absolute atomic E-state index is 13.8. The SMILES string of the molecule is O=C(c1nn2c(C(F)(F)F)cc(C3CC3)cc2c1Cl)N1CCN(C2CCC(OP(=O)(O)O)CC2)C(=O)C1. The van der Waals surface area contributed by atoms with E-state index in [9.17, 15) is 27.3 Å². The smallest absolute Gasteiger partial charge is 0.336 e. The molecule has 3 aliphatic rings. The van der Waals surface area contributed by atoms with Crippen molar-refractivity contribution in [2.24, 2.45) is 0 Å². The van der Waals surface area contributed by atoms with Gasteiger partial charge in [0.1, 0.15) is 12.2 Å². The first kappa shape index (κ1) is 26.4. The molecule has 10 nitrogen and oxygen atoms in total. The highest BCUT2D eigenvalue weighted by molar-refractivity contribution is 7.46. The van der Waals surface area contributed by atoms with E-state index < -0.39 is 31.7 Å². The first-order chi connectivity index (χ1) is 17.3. The summed E-state index contributed by atoms with van der Waals surface area (Å²) in [6.45, 7) is 0.0818. The number of nitrogens with zero attached hydrogens (tertiary/aromatic N) is 4. The molecule has 2 aromatic rings. The molecule has 1 saturated heterocycles. The van der Waals surface area contributed by atoms with E-state index >= 15 is 0 Å². The van der Waals surface area contributed by atoms with Crippen molar-refractivity contribution in [3.05, 3.63) is 34.1 Å². The first-order valence-corrected chi connectivity index (χ1v) is 13.8. The van der Waals surface area contributed by atoms with Crippen LogP contribution in [-0.2, 0) is 20.1 Å². The number of pyridine rings is 1. The van der Waals surface area contributed by atoms with Gasteiger partial charge in [0.15, 0.2) is 5.69 Å². The summed E-state index contributed by atoms with van der Waals surface area (Å²) in [6, 6.07) is 2.43. The predicted molar refractivity (Wildman–Crippen MR) is 124 cm³/mol. The van der Waals surface area contributed by atoms with E-state index in [0.717, 1.165) is 18.9 Å². The first-order valence-electron chi connectivity index (χ1n) is 11.9. The lowest BCUT2D eigenvalue weighted by Gasteiger charge is -2.41. The van der Waals surface area contributed by atoms with Crippen LogP contribution in [0.25, 0.3) is 5.52 Å². The molecule has 3 heterocycles. The van der Waals surface area contributed by atoms with Crippen LogP contribution >= 0.6 is 19.4 Å². The molecule has 2 saturated carbocycles. The van der Waals surface area contributed by atoms with Gasteiger partial charge in [-0.1, -0.05) is 11.6 Å². The highest BCUT2D eigenvalue weighted by Gasteiger charge is 2.40. The van der Waals surface area contributed by atoms with Crippen LogP contribution in [0.2, 0.25) is 5.02 Å². The van der Waals surface area contributed by atoms with Gasteiger partial charge in [-0.2, -0.15) is 18.3 Å². The largest absolute Gasteiger partial charge is 0.469 e. The molecular formula is C22H25ClF3N4O6P. The Morgan fingerprint density at radius 3 is 2.35 bits per heavy atom. The molecule has 0 spiro atoms. The highest BCUT2D eigenvalue weighted by Crippen LogP contribution is 2.44. The Morgan fingerprint density at radius 2 is 1.78 bits per heavy atom. The molecule has 0 bridgehead atoms. The molecule has 2 amide bonds. The molecule has 2 aromatic heterocycles. The molecule has 2 N–H and O–H groups in total. The van der Waals surface area contributed by atoms with Crippen LogP contribution in [0, 0.1) is 0 Å². The van der Waals surface area contributed by atoms with Crippen LogP contribution in [0.15, 0.2) is 12.1 Å². The number of piperazine rings is 1. The molecule has 0 unspecified atom stereocenters. The molecule has 15 heteroatoms. The Hall–Kier alpha value is -2.18. The summed E-state index contributed by atoms with van der Waals surface area (Å²) in [5, 5.41) is 3.73. The number of hydrogen-bond acceptors (Lipinski definition) is 5. The average Bonchev–Trinajstić information content (AvgIpc) is 3.61. The lowest BCUT2D eigenvalue weighted by Crippen LogP contribution is -2.56. The Kier molecular flexibility index (Phi) is 6.81. The zero-order chi connectivity index (χ0) is 26.7. The second-order valence-electron chi connectivity index (χ2n) is 9.75. The molecule has 202 valence electrons. The minimum Gasteiger partial charge on any atom is -0.336 e. The van der Waals surface area contributed by atoms with Crippen molar-refractivity contribution in [3.8, 4) is 0 Å². The van der Waals surface area contributed by atoms with Crippen LogP contribution in [0.4, 0.5) is 13.2 Å². The van der Waals surface area contributed by atoms with Crippen LogP contribution in [0.1, 0.15) is 66.2 Å². The topological polar surface area (TPSA) is 125 Å². The minimum atomic E-state index is -4.70. The number of rotatable bonds is 5. The Labute approximate surface area is 214 Å².